The number of hydrogen-bond donors (Lipinski definition) is 2. The van der Waals surface area contributed by atoms with Gasteiger partial charge < -0.3 is 15.4 Å². The van der Waals surface area contributed by atoms with Crippen LogP contribution in [0.2, 0.25) is 0 Å². The second kappa shape index (κ2) is 12.6. The van der Waals surface area contributed by atoms with Crippen molar-refractivity contribution in [2.75, 3.05) is 33.3 Å². The molecule has 1 aromatic carbocycles. The van der Waals surface area contributed by atoms with E-state index in [4.69, 9.17) is 4.74 Å². The van der Waals surface area contributed by atoms with Gasteiger partial charge in [-0.2, -0.15) is 0 Å². The number of rotatable bonds is 7. The van der Waals surface area contributed by atoms with Crippen LogP contribution in [0, 0.1) is 11.6 Å². The lowest BCUT2D eigenvalue weighted by molar-refractivity contribution is 0.198. The fourth-order valence-electron chi connectivity index (χ4n) is 3.29. The van der Waals surface area contributed by atoms with Crippen molar-refractivity contribution in [2.45, 2.75) is 25.4 Å². The van der Waals surface area contributed by atoms with Crippen molar-refractivity contribution < 1.29 is 13.5 Å². The summed E-state index contributed by atoms with van der Waals surface area (Å²) in [7, 11) is 1.75. The van der Waals surface area contributed by atoms with Crippen LogP contribution in [0.15, 0.2) is 47.7 Å². The lowest BCUT2D eigenvalue weighted by Crippen LogP contribution is -2.49. The molecule has 0 amide bonds. The molecule has 1 fully saturated rings. The Balaban J connectivity index is 0.00000320. The molecule has 0 saturated carbocycles. The largest absolute Gasteiger partial charge is 0.490 e. The topological polar surface area (TPSA) is 61.8 Å². The molecule has 0 radical (unpaired) electrons. The molecule has 30 heavy (non-hydrogen) atoms. The molecule has 3 rings (SSSR count). The van der Waals surface area contributed by atoms with Gasteiger partial charge in [0.15, 0.2) is 17.6 Å². The number of benzene rings is 1. The molecule has 1 aliphatic rings. The summed E-state index contributed by atoms with van der Waals surface area (Å²) >= 11 is 0. The van der Waals surface area contributed by atoms with Gasteiger partial charge in [0, 0.05) is 38.9 Å². The van der Waals surface area contributed by atoms with Crippen LogP contribution >= 0.6 is 24.0 Å². The zero-order valence-electron chi connectivity index (χ0n) is 17.0. The smallest absolute Gasteiger partial charge is 0.191 e. The van der Waals surface area contributed by atoms with Crippen LogP contribution in [0.25, 0.3) is 0 Å². The molecule has 2 heterocycles. The molecule has 1 aliphatic heterocycles. The van der Waals surface area contributed by atoms with Gasteiger partial charge in [-0.3, -0.25) is 14.9 Å². The molecule has 6 nitrogen and oxygen atoms in total. The summed E-state index contributed by atoms with van der Waals surface area (Å²) < 4.78 is 32.0. The van der Waals surface area contributed by atoms with Crippen molar-refractivity contribution in [2.24, 2.45) is 4.99 Å². The molecule has 0 unspecified atom stereocenters. The zero-order valence-corrected chi connectivity index (χ0v) is 19.3. The number of guanidine groups is 1. The van der Waals surface area contributed by atoms with Gasteiger partial charge in [0.25, 0.3) is 0 Å². The van der Waals surface area contributed by atoms with E-state index in [1.807, 2.05) is 12.1 Å². The normalized spacial score (nSPS) is 15.4. The molecule has 164 valence electrons. The van der Waals surface area contributed by atoms with Gasteiger partial charge in [-0.1, -0.05) is 6.07 Å². The van der Waals surface area contributed by atoms with Crippen molar-refractivity contribution in [3.8, 4) is 5.75 Å². The van der Waals surface area contributed by atoms with Gasteiger partial charge in [0.2, 0.25) is 0 Å². The average Bonchev–Trinajstić information content (AvgIpc) is 2.75. The molecule has 0 aliphatic carbocycles. The Morgan fingerprint density at radius 1 is 1.23 bits per heavy atom. The molecular formula is C21H28F2IN5O. The summed E-state index contributed by atoms with van der Waals surface area (Å²) in [6.45, 7) is 3.54. The predicted molar refractivity (Wildman–Crippen MR) is 124 cm³/mol. The van der Waals surface area contributed by atoms with Crippen molar-refractivity contribution >= 4 is 29.9 Å². The molecular weight excluding hydrogens is 503 g/mol. The standard InChI is InChI=1S/C21H27F2N5O.HI/c1-24-21(26-9-12-29-18-3-2-8-25-14-18)27-17-6-10-28(11-7-17)15-16-4-5-19(22)20(23)13-16;/h2-5,8,13-14,17H,6-7,9-12,15H2,1H3,(H2,24,26,27);1H. The number of piperidine rings is 1. The maximum Gasteiger partial charge on any atom is 0.191 e. The molecule has 0 bridgehead atoms. The van der Waals surface area contributed by atoms with Crippen LogP contribution in [0.1, 0.15) is 18.4 Å². The highest BCUT2D eigenvalue weighted by molar-refractivity contribution is 14.0. The van der Waals surface area contributed by atoms with E-state index in [0.717, 1.165) is 43.2 Å². The van der Waals surface area contributed by atoms with Crippen LogP contribution in [0.4, 0.5) is 8.78 Å². The van der Waals surface area contributed by atoms with Gasteiger partial charge in [-0.25, -0.2) is 8.78 Å². The Labute approximate surface area is 193 Å². The molecule has 1 aromatic heterocycles. The monoisotopic (exact) mass is 531 g/mol. The lowest BCUT2D eigenvalue weighted by Gasteiger charge is -2.33. The number of aliphatic imine (C=N–C) groups is 1. The van der Waals surface area contributed by atoms with Crippen molar-refractivity contribution in [3.63, 3.8) is 0 Å². The number of pyridine rings is 1. The van der Waals surface area contributed by atoms with Crippen molar-refractivity contribution in [1.29, 1.82) is 0 Å². The summed E-state index contributed by atoms with van der Waals surface area (Å²) in [5, 5.41) is 6.69. The Bertz CT molecular complexity index is 801. The number of likely N-dealkylation sites (tertiary alicyclic amines) is 1. The minimum Gasteiger partial charge on any atom is -0.490 e. The molecule has 2 aromatic rings. The van der Waals surface area contributed by atoms with Crippen LogP contribution in [0.5, 0.6) is 5.75 Å². The van der Waals surface area contributed by atoms with Crippen LogP contribution in [-0.2, 0) is 6.54 Å². The molecule has 0 atom stereocenters. The number of nitrogens with one attached hydrogen (secondary N) is 2. The van der Waals surface area contributed by atoms with Crippen LogP contribution in [-0.4, -0.2) is 55.2 Å². The van der Waals surface area contributed by atoms with Crippen LogP contribution < -0.4 is 15.4 Å². The first-order valence-corrected chi connectivity index (χ1v) is 9.80. The van der Waals surface area contributed by atoms with Gasteiger partial charge in [-0.05, 0) is 42.7 Å². The highest BCUT2D eigenvalue weighted by Gasteiger charge is 2.20. The summed E-state index contributed by atoms with van der Waals surface area (Å²) in [5.74, 6) is -0.104. The van der Waals surface area contributed by atoms with Crippen molar-refractivity contribution in [1.82, 2.24) is 20.5 Å². The second-order valence-corrected chi connectivity index (χ2v) is 6.98. The SMILES string of the molecule is CN=C(NCCOc1cccnc1)NC1CCN(Cc2ccc(F)c(F)c2)CC1.I. The Kier molecular flexibility index (Phi) is 10.2. The maximum absolute atomic E-state index is 13.4. The number of halogens is 3. The number of ether oxygens (including phenoxy) is 1. The average molecular weight is 531 g/mol. The van der Waals surface area contributed by atoms with Gasteiger partial charge >= 0.3 is 0 Å². The highest BCUT2D eigenvalue weighted by atomic mass is 127. The van der Waals surface area contributed by atoms with E-state index in [2.05, 4.69) is 25.5 Å². The van der Waals surface area contributed by atoms with E-state index < -0.39 is 11.6 Å². The predicted octanol–water partition coefficient (Wildman–Crippen LogP) is 3.19. The first-order valence-electron chi connectivity index (χ1n) is 9.80. The second-order valence-electron chi connectivity index (χ2n) is 6.98. The third-order valence-electron chi connectivity index (χ3n) is 4.84. The number of hydrogen-bond acceptors (Lipinski definition) is 4. The van der Waals surface area contributed by atoms with Crippen LogP contribution in [0.3, 0.4) is 0 Å². The molecule has 0 spiro atoms. The van der Waals surface area contributed by atoms with E-state index in [-0.39, 0.29) is 24.0 Å². The fraction of sp³-hybridized carbons (Fsp3) is 0.429. The summed E-state index contributed by atoms with van der Waals surface area (Å²) in [6, 6.07) is 8.13. The minimum atomic E-state index is -0.804. The third kappa shape index (κ3) is 7.67. The lowest BCUT2D eigenvalue weighted by atomic mass is 10.0. The Hall–Kier alpha value is -2.01. The number of aromatic nitrogens is 1. The highest BCUT2D eigenvalue weighted by Crippen LogP contribution is 2.16. The zero-order chi connectivity index (χ0) is 20.5. The first kappa shape index (κ1) is 24.3. The van der Waals surface area contributed by atoms with E-state index in [9.17, 15) is 8.78 Å². The summed E-state index contributed by atoms with van der Waals surface area (Å²) in [4.78, 5) is 10.5. The van der Waals surface area contributed by atoms with Crippen molar-refractivity contribution in [3.05, 3.63) is 59.9 Å². The summed E-state index contributed by atoms with van der Waals surface area (Å²) in [6.07, 6.45) is 5.30. The van der Waals surface area contributed by atoms with Gasteiger partial charge in [0.1, 0.15) is 12.4 Å². The van der Waals surface area contributed by atoms with E-state index in [1.165, 1.54) is 12.1 Å². The Morgan fingerprint density at radius 2 is 2.03 bits per heavy atom. The molecule has 1 saturated heterocycles. The minimum absolute atomic E-state index is 0. The quantitative estimate of drug-likeness (QED) is 0.249. The Morgan fingerprint density at radius 3 is 2.70 bits per heavy atom. The molecule has 2 N–H and O–H groups in total. The van der Waals surface area contributed by atoms with Gasteiger partial charge in [0.05, 0.1) is 12.7 Å². The van der Waals surface area contributed by atoms with E-state index in [0.29, 0.717) is 25.7 Å². The fourth-order valence-corrected chi connectivity index (χ4v) is 3.29. The molecule has 9 heteroatoms. The van der Waals surface area contributed by atoms with E-state index >= 15 is 0 Å². The third-order valence-corrected chi connectivity index (χ3v) is 4.84. The maximum atomic E-state index is 13.4. The summed E-state index contributed by atoms with van der Waals surface area (Å²) in [5.41, 5.74) is 0.793. The first-order chi connectivity index (χ1) is 14.1. The van der Waals surface area contributed by atoms with Gasteiger partial charge in [-0.15, -0.1) is 24.0 Å². The number of nitrogens with zero attached hydrogens (tertiary/aromatic N) is 3. The van der Waals surface area contributed by atoms with E-state index in [1.54, 1.807) is 25.5 Å².